The van der Waals surface area contributed by atoms with Crippen LogP contribution in [-0.4, -0.2) is 48.2 Å². The molecule has 0 aliphatic carbocycles. The fourth-order valence-electron chi connectivity index (χ4n) is 2.92. The van der Waals surface area contributed by atoms with E-state index in [0.717, 1.165) is 15.7 Å². The van der Waals surface area contributed by atoms with E-state index in [9.17, 15) is 13.2 Å². The van der Waals surface area contributed by atoms with Crippen molar-refractivity contribution in [3.63, 3.8) is 0 Å². The molecule has 0 unspecified atom stereocenters. The van der Waals surface area contributed by atoms with E-state index in [1.54, 1.807) is 6.92 Å². The van der Waals surface area contributed by atoms with Crippen molar-refractivity contribution in [1.29, 1.82) is 0 Å². The molecule has 0 spiro atoms. The lowest BCUT2D eigenvalue weighted by Crippen LogP contribution is -2.31. The summed E-state index contributed by atoms with van der Waals surface area (Å²) >= 11 is 2.79. The Morgan fingerprint density at radius 3 is 2.56 bits per heavy atom. The smallest absolute Gasteiger partial charge is 0.257 e. The van der Waals surface area contributed by atoms with Gasteiger partial charge in [0.05, 0.1) is 7.11 Å². The summed E-state index contributed by atoms with van der Waals surface area (Å²) < 4.78 is 34.3. The largest absolute Gasteiger partial charge is 0.495 e. The number of benzene rings is 2. The monoisotopic (exact) mass is 492 g/mol. The first kappa shape index (κ1) is 24.2. The normalized spacial score (nSPS) is 11.5. The van der Waals surface area contributed by atoms with E-state index in [-0.39, 0.29) is 29.3 Å². The molecule has 1 amide bonds. The third-order valence-electron chi connectivity index (χ3n) is 4.49. The summed E-state index contributed by atoms with van der Waals surface area (Å²) in [6.07, 6.45) is 0. The SMILES string of the molecule is CCSc1nnc(NC(=O)c2ccc(OC)c(S(=O)(=O)N(CC)Cc3ccccc3)c2)s1. The molecule has 2 aromatic carbocycles. The fraction of sp³-hybridized carbons (Fsp3) is 0.286. The number of anilines is 1. The number of nitrogens with one attached hydrogen (secondary N) is 1. The number of ether oxygens (including phenoxy) is 1. The average Bonchev–Trinajstić information content (AvgIpc) is 3.24. The second kappa shape index (κ2) is 10.9. The maximum absolute atomic E-state index is 13.4. The molecule has 3 rings (SSSR count). The predicted molar refractivity (Wildman–Crippen MR) is 127 cm³/mol. The molecule has 1 N–H and O–H groups in total. The van der Waals surface area contributed by atoms with Crippen molar-refractivity contribution in [2.24, 2.45) is 0 Å². The van der Waals surface area contributed by atoms with E-state index in [4.69, 9.17) is 4.74 Å². The van der Waals surface area contributed by atoms with Crippen molar-refractivity contribution >= 4 is 44.2 Å². The van der Waals surface area contributed by atoms with Gasteiger partial charge in [0.25, 0.3) is 5.91 Å². The molecular weight excluding hydrogens is 468 g/mol. The highest BCUT2D eigenvalue weighted by Gasteiger charge is 2.28. The van der Waals surface area contributed by atoms with E-state index >= 15 is 0 Å². The lowest BCUT2D eigenvalue weighted by molar-refractivity contribution is 0.102. The van der Waals surface area contributed by atoms with Crippen molar-refractivity contribution in [3.8, 4) is 5.75 Å². The van der Waals surface area contributed by atoms with E-state index < -0.39 is 15.9 Å². The van der Waals surface area contributed by atoms with Crippen LogP contribution in [0.1, 0.15) is 29.8 Å². The zero-order valence-electron chi connectivity index (χ0n) is 17.9. The number of hydrogen-bond acceptors (Lipinski definition) is 8. The number of sulfonamides is 1. The Bertz CT molecular complexity index is 1170. The van der Waals surface area contributed by atoms with Gasteiger partial charge in [0, 0.05) is 18.7 Å². The third kappa shape index (κ3) is 5.66. The number of amides is 1. The molecule has 0 atom stereocenters. The molecular formula is C21H24N4O4S3. The molecule has 0 aliphatic heterocycles. The van der Waals surface area contributed by atoms with Crippen LogP contribution in [0.3, 0.4) is 0 Å². The minimum absolute atomic E-state index is 0.0649. The maximum Gasteiger partial charge on any atom is 0.257 e. The highest BCUT2D eigenvalue weighted by molar-refractivity contribution is 8.01. The molecule has 1 aromatic heterocycles. The van der Waals surface area contributed by atoms with Gasteiger partial charge in [-0.1, -0.05) is 67.3 Å². The van der Waals surface area contributed by atoms with Crippen LogP contribution in [0.15, 0.2) is 57.8 Å². The van der Waals surface area contributed by atoms with Gasteiger partial charge in [0.2, 0.25) is 15.2 Å². The lowest BCUT2D eigenvalue weighted by atomic mass is 10.2. The van der Waals surface area contributed by atoms with E-state index in [0.29, 0.717) is 5.13 Å². The van der Waals surface area contributed by atoms with Gasteiger partial charge in [0.1, 0.15) is 10.6 Å². The summed E-state index contributed by atoms with van der Waals surface area (Å²) in [5, 5.41) is 11.0. The van der Waals surface area contributed by atoms with Crippen LogP contribution < -0.4 is 10.1 Å². The topological polar surface area (TPSA) is 101 Å². The van der Waals surface area contributed by atoms with E-state index in [1.807, 2.05) is 37.3 Å². The predicted octanol–water partition coefficient (Wildman–Crippen LogP) is 4.12. The number of nitrogens with zero attached hydrogens (tertiary/aromatic N) is 3. The number of thioether (sulfide) groups is 1. The van der Waals surface area contributed by atoms with E-state index in [1.165, 1.54) is 52.7 Å². The van der Waals surface area contributed by atoms with Crippen molar-refractivity contribution in [3.05, 3.63) is 59.7 Å². The second-order valence-corrected chi connectivity index (χ2v) is 10.9. The summed E-state index contributed by atoms with van der Waals surface area (Å²) in [5.41, 5.74) is 1.04. The summed E-state index contributed by atoms with van der Waals surface area (Å²) in [7, 11) is -2.53. The molecule has 170 valence electrons. The number of rotatable bonds is 10. The first-order valence-corrected chi connectivity index (χ1v) is 13.1. The van der Waals surface area contributed by atoms with Crippen LogP contribution >= 0.6 is 23.1 Å². The lowest BCUT2D eigenvalue weighted by Gasteiger charge is -2.22. The summed E-state index contributed by atoms with van der Waals surface area (Å²) in [6.45, 7) is 4.24. The number of hydrogen-bond donors (Lipinski definition) is 1. The molecule has 3 aromatic rings. The Hall–Kier alpha value is -2.47. The number of methoxy groups -OCH3 is 1. The molecule has 0 radical (unpaired) electrons. The highest BCUT2D eigenvalue weighted by atomic mass is 32.2. The maximum atomic E-state index is 13.4. The van der Waals surface area contributed by atoms with Gasteiger partial charge in [-0.3, -0.25) is 10.1 Å². The van der Waals surface area contributed by atoms with Crippen LogP contribution in [0.2, 0.25) is 0 Å². The standard InChI is InChI=1S/C21H24N4O4S3/c1-4-25(14-15-9-7-6-8-10-15)32(27,28)18-13-16(11-12-17(18)29-3)19(26)22-20-23-24-21(31-20)30-5-2/h6-13H,4-5,14H2,1-3H3,(H,22,23,26). The first-order valence-electron chi connectivity index (χ1n) is 9.88. The van der Waals surface area contributed by atoms with E-state index in [2.05, 4.69) is 15.5 Å². The van der Waals surface area contributed by atoms with Crippen molar-refractivity contribution in [2.45, 2.75) is 29.6 Å². The van der Waals surface area contributed by atoms with Gasteiger partial charge in [-0.2, -0.15) is 4.31 Å². The zero-order chi connectivity index (χ0) is 23.1. The van der Waals surface area contributed by atoms with Crippen LogP contribution in [0.5, 0.6) is 5.75 Å². The molecule has 0 fully saturated rings. The van der Waals surface area contributed by atoms with Crippen molar-refractivity contribution in [2.75, 3.05) is 24.7 Å². The molecule has 8 nitrogen and oxygen atoms in total. The Kier molecular flexibility index (Phi) is 8.24. The Morgan fingerprint density at radius 2 is 1.91 bits per heavy atom. The highest BCUT2D eigenvalue weighted by Crippen LogP contribution is 2.30. The van der Waals surface area contributed by atoms with Crippen molar-refractivity contribution < 1.29 is 17.9 Å². The molecule has 0 aliphatic rings. The number of aromatic nitrogens is 2. The molecule has 11 heteroatoms. The first-order chi connectivity index (χ1) is 15.4. The summed E-state index contributed by atoms with van der Waals surface area (Å²) in [4.78, 5) is 12.7. The Balaban J connectivity index is 1.89. The van der Waals surface area contributed by atoms with Gasteiger partial charge in [0.15, 0.2) is 4.34 Å². The minimum atomic E-state index is -3.92. The number of carbonyl (C=O) groups excluding carboxylic acids is 1. The van der Waals surface area contributed by atoms with Gasteiger partial charge in [-0.15, -0.1) is 10.2 Å². The zero-order valence-corrected chi connectivity index (χ0v) is 20.4. The summed E-state index contributed by atoms with van der Waals surface area (Å²) in [6, 6.07) is 13.7. The molecule has 0 saturated heterocycles. The van der Waals surface area contributed by atoms with Gasteiger partial charge in [-0.05, 0) is 29.5 Å². The second-order valence-electron chi connectivity index (χ2n) is 6.54. The average molecular weight is 493 g/mol. The summed E-state index contributed by atoms with van der Waals surface area (Å²) in [5.74, 6) is 0.546. The fourth-order valence-corrected chi connectivity index (χ4v) is 6.19. The third-order valence-corrected chi connectivity index (χ3v) is 8.29. The minimum Gasteiger partial charge on any atom is -0.495 e. The number of carbonyl (C=O) groups is 1. The molecule has 0 saturated carbocycles. The Morgan fingerprint density at radius 1 is 1.16 bits per heavy atom. The van der Waals surface area contributed by atoms with Crippen molar-refractivity contribution in [1.82, 2.24) is 14.5 Å². The van der Waals surface area contributed by atoms with Crippen LogP contribution in [0.4, 0.5) is 5.13 Å². The van der Waals surface area contributed by atoms with Gasteiger partial charge >= 0.3 is 0 Å². The van der Waals surface area contributed by atoms with Crippen LogP contribution in [0, 0.1) is 0 Å². The quantitative estimate of drug-likeness (QED) is 0.335. The van der Waals surface area contributed by atoms with Gasteiger partial charge in [-0.25, -0.2) is 8.42 Å². The van der Waals surface area contributed by atoms with Crippen LogP contribution in [0.25, 0.3) is 0 Å². The molecule has 32 heavy (non-hydrogen) atoms. The Labute approximate surface area is 196 Å². The van der Waals surface area contributed by atoms with Crippen LogP contribution in [-0.2, 0) is 16.6 Å². The molecule has 1 heterocycles. The molecule has 0 bridgehead atoms. The van der Waals surface area contributed by atoms with Gasteiger partial charge < -0.3 is 4.74 Å².